The summed E-state index contributed by atoms with van der Waals surface area (Å²) in [4.78, 5) is 12.6. The lowest BCUT2D eigenvalue weighted by atomic mass is 10.0. The van der Waals surface area contributed by atoms with Crippen molar-refractivity contribution in [3.05, 3.63) is 59.7 Å². The SMILES string of the molecule is CC(C)COc1ccccc1C(=O)NC(CO)C(O)c1ccc(N)cc1. The van der Waals surface area contributed by atoms with Gasteiger partial charge in [-0.25, -0.2) is 0 Å². The fourth-order valence-corrected chi connectivity index (χ4v) is 2.43. The van der Waals surface area contributed by atoms with Crippen molar-refractivity contribution in [1.82, 2.24) is 5.32 Å². The van der Waals surface area contributed by atoms with Gasteiger partial charge in [0.05, 0.1) is 24.8 Å². The van der Waals surface area contributed by atoms with E-state index in [0.717, 1.165) is 0 Å². The third kappa shape index (κ3) is 5.21. The van der Waals surface area contributed by atoms with Crippen LogP contribution < -0.4 is 15.8 Å². The molecular formula is C20H26N2O4. The Hall–Kier alpha value is -2.57. The van der Waals surface area contributed by atoms with Crippen LogP contribution >= 0.6 is 0 Å². The van der Waals surface area contributed by atoms with Gasteiger partial charge in [-0.3, -0.25) is 4.79 Å². The first-order valence-corrected chi connectivity index (χ1v) is 8.59. The monoisotopic (exact) mass is 358 g/mol. The first-order chi connectivity index (χ1) is 12.4. The van der Waals surface area contributed by atoms with Gasteiger partial charge in [-0.1, -0.05) is 38.1 Å². The van der Waals surface area contributed by atoms with Gasteiger partial charge in [-0.2, -0.15) is 0 Å². The Kier molecular flexibility index (Phi) is 7.00. The minimum atomic E-state index is -1.06. The minimum Gasteiger partial charge on any atom is -0.492 e. The van der Waals surface area contributed by atoms with Gasteiger partial charge in [-0.05, 0) is 35.7 Å². The molecule has 140 valence electrons. The Bertz CT molecular complexity index is 716. The molecule has 0 aliphatic carbocycles. The first-order valence-electron chi connectivity index (χ1n) is 8.59. The van der Waals surface area contributed by atoms with Crippen molar-refractivity contribution in [1.29, 1.82) is 0 Å². The highest BCUT2D eigenvalue weighted by atomic mass is 16.5. The standard InChI is InChI=1S/C20H26N2O4/c1-13(2)12-26-18-6-4-3-5-16(18)20(25)22-17(11-23)19(24)14-7-9-15(21)10-8-14/h3-10,13,17,19,23-24H,11-12,21H2,1-2H3,(H,22,25). The number of nitrogen functional groups attached to an aromatic ring is 1. The van der Waals surface area contributed by atoms with E-state index in [1.54, 1.807) is 48.5 Å². The molecule has 6 nitrogen and oxygen atoms in total. The number of hydrogen-bond donors (Lipinski definition) is 4. The molecule has 0 aliphatic rings. The smallest absolute Gasteiger partial charge is 0.255 e. The van der Waals surface area contributed by atoms with Crippen LogP contribution in [-0.2, 0) is 0 Å². The molecule has 0 aliphatic heterocycles. The van der Waals surface area contributed by atoms with Gasteiger partial charge in [0.2, 0.25) is 0 Å². The van der Waals surface area contributed by atoms with E-state index < -0.39 is 24.7 Å². The summed E-state index contributed by atoms with van der Waals surface area (Å²) in [5, 5.41) is 22.8. The average Bonchev–Trinajstić information content (AvgIpc) is 2.64. The summed E-state index contributed by atoms with van der Waals surface area (Å²) in [6.45, 7) is 4.12. The molecule has 0 spiro atoms. The lowest BCUT2D eigenvalue weighted by Crippen LogP contribution is -2.42. The highest BCUT2D eigenvalue weighted by molar-refractivity contribution is 5.97. The number of rotatable bonds is 8. The second kappa shape index (κ2) is 9.22. The second-order valence-electron chi connectivity index (χ2n) is 6.58. The van der Waals surface area contributed by atoms with Gasteiger partial charge in [0.25, 0.3) is 5.91 Å². The van der Waals surface area contributed by atoms with Crippen molar-refractivity contribution >= 4 is 11.6 Å². The van der Waals surface area contributed by atoms with Crippen molar-refractivity contribution in [3.8, 4) is 5.75 Å². The second-order valence-corrected chi connectivity index (χ2v) is 6.58. The van der Waals surface area contributed by atoms with Gasteiger partial charge in [0.1, 0.15) is 11.9 Å². The van der Waals surface area contributed by atoms with Crippen LogP contribution in [0.15, 0.2) is 48.5 Å². The summed E-state index contributed by atoms with van der Waals surface area (Å²) in [5.41, 5.74) is 7.13. The number of carbonyl (C=O) groups is 1. The zero-order chi connectivity index (χ0) is 19.1. The van der Waals surface area contributed by atoms with Crippen LogP contribution in [0.2, 0.25) is 0 Å². The predicted octanol–water partition coefficient (Wildman–Crippen LogP) is 2.13. The van der Waals surface area contributed by atoms with E-state index in [1.165, 1.54) is 0 Å². The maximum Gasteiger partial charge on any atom is 0.255 e. The summed E-state index contributed by atoms with van der Waals surface area (Å²) < 4.78 is 5.69. The number of carbonyl (C=O) groups excluding carboxylic acids is 1. The number of nitrogens with one attached hydrogen (secondary N) is 1. The molecule has 0 saturated heterocycles. The third-order valence-corrected chi connectivity index (χ3v) is 3.88. The van der Waals surface area contributed by atoms with Gasteiger partial charge >= 0.3 is 0 Å². The first kappa shape index (κ1) is 19.8. The molecule has 0 radical (unpaired) electrons. The number of anilines is 1. The number of nitrogens with two attached hydrogens (primary N) is 1. The van der Waals surface area contributed by atoms with Crippen LogP contribution in [-0.4, -0.2) is 35.4 Å². The summed E-state index contributed by atoms with van der Waals surface area (Å²) in [5.74, 6) is 0.374. The molecule has 2 atom stereocenters. The van der Waals surface area contributed by atoms with E-state index in [1.807, 2.05) is 13.8 Å². The molecule has 0 bridgehead atoms. The highest BCUT2D eigenvalue weighted by Crippen LogP contribution is 2.21. The van der Waals surface area contributed by atoms with E-state index in [2.05, 4.69) is 5.32 Å². The van der Waals surface area contributed by atoms with Crippen LogP contribution in [0.3, 0.4) is 0 Å². The molecule has 0 saturated carbocycles. The van der Waals surface area contributed by atoms with Crippen molar-refractivity contribution in [2.75, 3.05) is 18.9 Å². The molecule has 0 heterocycles. The quantitative estimate of drug-likeness (QED) is 0.541. The van der Waals surface area contributed by atoms with Crippen LogP contribution in [0, 0.1) is 5.92 Å². The summed E-state index contributed by atoms with van der Waals surface area (Å²) in [6, 6.07) is 12.7. The van der Waals surface area contributed by atoms with E-state index in [4.69, 9.17) is 10.5 Å². The van der Waals surface area contributed by atoms with E-state index in [9.17, 15) is 15.0 Å². The normalized spacial score (nSPS) is 13.3. The maximum absolute atomic E-state index is 12.6. The van der Waals surface area contributed by atoms with Gasteiger partial charge in [-0.15, -0.1) is 0 Å². The number of hydrogen-bond acceptors (Lipinski definition) is 5. The molecule has 5 N–H and O–H groups in total. The Balaban J connectivity index is 2.12. The van der Waals surface area contributed by atoms with Crippen molar-refractivity contribution in [2.24, 2.45) is 5.92 Å². The molecule has 2 aromatic rings. The Morgan fingerprint density at radius 3 is 2.42 bits per heavy atom. The highest BCUT2D eigenvalue weighted by Gasteiger charge is 2.24. The largest absolute Gasteiger partial charge is 0.492 e. The predicted molar refractivity (Wildman–Crippen MR) is 101 cm³/mol. The molecule has 26 heavy (non-hydrogen) atoms. The fourth-order valence-electron chi connectivity index (χ4n) is 2.43. The number of aliphatic hydroxyl groups is 2. The number of ether oxygens (including phenoxy) is 1. The lowest BCUT2D eigenvalue weighted by molar-refractivity contribution is 0.0700. The summed E-state index contributed by atoms with van der Waals surface area (Å²) in [6.07, 6.45) is -1.06. The molecule has 2 unspecified atom stereocenters. The van der Waals surface area contributed by atoms with Crippen molar-refractivity contribution in [2.45, 2.75) is 26.0 Å². The minimum absolute atomic E-state index is 0.323. The van der Waals surface area contributed by atoms with Crippen LogP contribution in [0.4, 0.5) is 5.69 Å². The molecular weight excluding hydrogens is 332 g/mol. The number of aliphatic hydroxyl groups excluding tert-OH is 2. The number of amides is 1. The van der Waals surface area contributed by atoms with Crippen molar-refractivity contribution < 1.29 is 19.7 Å². The van der Waals surface area contributed by atoms with Crippen LogP contribution in [0.25, 0.3) is 0 Å². The summed E-state index contributed by atoms with van der Waals surface area (Å²) >= 11 is 0. The van der Waals surface area contributed by atoms with Gasteiger partial charge in [0, 0.05) is 5.69 Å². The molecule has 2 rings (SSSR count). The zero-order valence-corrected chi connectivity index (χ0v) is 15.1. The molecule has 1 amide bonds. The molecule has 0 fully saturated rings. The van der Waals surface area contributed by atoms with E-state index in [-0.39, 0.29) is 0 Å². The van der Waals surface area contributed by atoms with Crippen LogP contribution in [0.5, 0.6) is 5.75 Å². The maximum atomic E-state index is 12.6. The van der Waals surface area contributed by atoms with Gasteiger partial charge in [0.15, 0.2) is 0 Å². The number of para-hydroxylation sites is 1. The Morgan fingerprint density at radius 1 is 1.15 bits per heavy atom. The van der Waals surface area contributed by atoms with Gasteiger partial charge < -0.3 is 26.0 Å². The third-order valence-electron chi connectivity index (χ3n) is 3.88. The topological polar surface area (TPSA) is 105 Å². The zero-order valence-electron chi connectivity index (χ0n) is 15.1. The summed E-state index contributed by atoms with van der Waals surface area (Å²) in [7, 11) is 0. The number of benzene rings is 2. The molecule has 0 aromatic heterocycles. The molecule has 6 heteroatoms. The van der Waals surface area contributed by atoms with E-state index >= 15 is 0 Å². The Morgan fingerprint density at radius 2 is 1.81 bits per heavy atom. The van der Waals surface area contributed by atoms with Crippen LogP contribution in [0.1, 0.15) is 35.9 Å². The van der Waals surface area contributed by atoms with E-state index in [0.29, 0.717) is 35.1 Å². The fraction of sp³-hybridized carbons (Fsp3) is 0.350. The Labute approximate surface area is 153 Å². The van der Waals surface area contributed by atoms with Crippen molar-refractivity contribution in [3.63, 3.8) is 0 Å². The average molecular weight is 358 g/mol. The molecule has 2 aromatic carbocycles. The lowest BCUT2D eigenvalue weighted by Gasteiger charge is -2.23.